The van der Waals surface area contributed by atoms with E-state index in [9.17, 15) is 9.59 Å². The van der Waals surface area contributed by atoms with Gasteiger partial charge in [0.25, 0.3) is 0 Å². The van der Waals surface area contributed by atoms with Gasteiger partial charge in [-0.05, 0) is 18.1 Å². The molecule has 0 aliphatic carbocycles. The molecule has 1 heterocycles. The third-order valence-corrected chi connectivity index (χ3v) is 3.89. The van der Waals surface area contributed by atoms with Crippen LogP contribution in [-0.4, -0.2) is 24.9 Å². The first kappa shape index (κ1) is 15.8. The number of rotatable bonds is 5. The largest absolute Gasteiger partial charge is 0.351 e. The summed E-state index contributed by atoms with van der Waals surface area (Å²) in [5.74, 6) is -0.386. The zero-order valence-corrected chi connectivity index (χ0v) is 13.6. The molecule has 1 aliphatic rings. The van der Waals surface area contributed by atoms with Gasteiger partial charge in [-0.1, -0.05) is 47.6 Å². The summed E-state index contributed by atoms with van der Waals surface area (Å²) in [5.41, 5.74) is 2.05. The monoisotopic (exact) mass is 350 g/mol. The van der Waals surface area contributed by atoms with E-state index in [1.165, 1.54) is 0 Å². The molecule has 2 rings (SSSR count). The van der Waals surface area contributed by atoms with Crippen molar-refractivity contribution in [3.05, 3.63) is 40.9 Å². The molecule has 0 aromatic heterocycles. The van der Waals surface area contributed by atoms with Crippen LogP contribution in [-0.2, 0) is 16.0 Å². The van der Waals surface area contributed by atoms with Crippen molar-refractivity contribution in [3.8, 4) is 0 Å². The first-order valence-corrected chi connectivity index (χ1v) is 7.81. The number of para-hydroxylation sites is 1. The number of amides is 2. The van der Waals surface area contributed by atoms with Gasteiger partial charge in [0.1, 0.15) is 0 Å². The molecule has 1 N–H and O–H groups in total. The van der Waals surface area contributed by atoms with Gasteiger partial charge in [0, 0.05) is 29.7 Å². The predicted molar refractivity (Wildman–Crippen MR) is 87.4 cm³/mol. The van der Waals surface area contributed by atoms with Crippen LogP contribution in [0.1, 0.15) is 18.9 Å². The molecule has 0 saturated carbocycles. The molecule has 1 aromatic carbocycles. The molecule has 2 amide bonds. The second-order valence-corrected chi connectivity index (χ2v) is 6.24. The summed E-state index contributed by atoms with van der Waals surface area (Å²) in [6.45, 7) is 6.56. The van der Waals surface area contributed by atoms with Crippen molar-refractivity contribution in [1.82, 2.24) is 5.32 Å². The van der Waals surface area contributed by atoms with Crippen molar-refractivity contribution in [2.24, 2.45) is 5.92 Å². The fourth-order valence-corrected chi connectivity index (χ4v) is 2.66. The maximum absolute atomic E-state index is 12.2. The molecule has 0 radical (unpaired) electrons. The Morgan fingerprint density at radius 1 is 1.48 bits per heavy atom. The standard InChI is InChI=1S/C16H19BrN2O2/c1-3-12-6-4-5-7-14(12)19-10-13(8-15(19)20)16(21)18-9-11(2)17/h4-7,13H,2-3,8-10H2,1H3,(H,18,21). The van der Waals surface area contributed by atoms with Crippen LogP contribution in [0.15, 0.2) is 35.3 Å². The normalized spacial score (nSPS) is 17.9. The van der Waals surface area contributed by atoms with E-state index in [4.69, 9.17) is 0 Å². The lowest BCUT2D eigenvalue weighted by Gasteiger charge is -2.19. The Bertz CT molecular complexity index is 571. The van der Waals surface area contributed by atoms with Gasteiger partial charge in [-0.2, -0.15) is 0 Å². The predicted octanol–water partition coefficient (Wildman–Crippen LogP) is 2.63. The van der Waals surface area contributed by atoms with Crippen molar-refractivity contribution < 1.29 is 9.59 Å². The summed E-state index contributed by atoms with van der Waals surface area (Å²) in [6.07, 6.45) is 1.12. The maximum Gasteiger partial charge on any atom is 0.227 e. The van der Waals surface area contributed by atoms with E-state index in [1.54, 1.807) is 4.90 Å². The number of hydrogen-bond donors (Lipinski definition) is 1. The van der Waals surface area contributed by atoms with Gasteiger partial charge >= 0.3 is 0 Å². The molecule has 1 atom stereocenters. The number of carbonyl (C=O) groups excluding carboxylic acids is 2. The zero-order valence-electron chi connectivity index (χ0n) is 12.1. The Balaban J connectivity index is 2.09. The number of nitrogens with zero attached hydrogens (tertiary/aromatic N) is 1. The Morgan fingerprint density at radius 2 is 2.19 bits per heavy atom. The van der Waals surface area contributed by atoms with Gasteiger partial charge in [0.15, 0.2) is 0 Å². The highest BCUT2D eigenvalue weighted by Gasteiger charge is 2.35. The lowest BCUT2D eigenvalue weighted by molar-refractivity contribution is -0.126. The lowest BCUT2D eigenvalue weighted by atomic mass is 10.1. The summed E-state index contributed by atoms with van der Waals surface area (Å²) in [7, 11) is 0. The molecule has 1 saturated heterocycles. The Morgan fingerprint density at radius 3 is 2.86 bits per heavy atom. The van der Waals surface area contributed by atoms with Crippen LogP contribution in [0.2, 0.25) is 0 Å². The van der Waals surface area contributed by atoms with Gasteiger partial charge in [-0.15, -0.1) is 0 Å². The summed E-state index contributed by atoms with van der Waals surface area (Å²) in [5, 5.41) is 2.78. The molecular weight excluding hydrogens is 332 g/mol. The average molecular weight is 351 g/mol. The van der Waals surface area contributed by atoms with Crippen LogP contribution in [0, 0.1) is 5.92 Å². The number of nitrogens with one attached hydrogen (secondary N) is 1. The minimum atomic E-state index is -0.297. The number of benzene rings is 1. The van der Waals surface area contributed by atoms with E-state index in [1.807, 2.05) is 24.3 Å². The fourth-order valence-electron chi connectivity index (χ4n) is 2.52. The van der Waals surface area contributed by atoms with Gasteiger partial charge < -0.3 is 10.2 Å². The zero-order chi connectivity index (χ0) is 15.4. The minimum Gasteiger partial charge on any atom is -0.351 e. The second kappa shape index (κ2) is 6.89. The molecule has 112 valence electrons. The Kier molecular flexibility index (Phi) is 5.17. The van der Waals surface area contributed by atoms with Gasteiger partial charge in [-0.25, -0.2) is 0 Å². The molecule has 1 unspecified atom stereocenters. The van der Waals surface area contributed by atoms with Crippen molar-refractivity contribution in [2.75, 3.05) is 18.0 Å². The van der Waals surface area contributed by atoms with Gasteiger partial charge in [0.05, 0.1) is 5.92 Å². The third-order valence-electron chi connectivity index (χ3n) is 3.61. The Labute approximate surface area is 133 Å². The molecule has 0 bridgehead atoms. The van der Waals surface area contributed by atoms with Crippen molar-refractivity contribution in [1.29, 1.82) is 0 Å². The molecule has 0 spiro atoms. The summed E-state index contributed by atoms with van der Waals surface area (Å²) in [6, 6.07) is 7.85. The van der Waals surface area contributed by atoms with Crippen molar-refractivity contribution in [2.45, 2.75) is 19.8 Å². The van der Waals surface area contributed by atoms with E-state index in [0.717, 1.165) is 17.7 Å². The highest BCUT2D eigenvalue weighted by atomic mass is 79.9. The third kappa shape index (κ3) is 3.73. The van der Waals surface area contributed by atoms with E-state index in [2.05, 4.69) is 34.7 Å². The van der Waals surface area contributed by atoms with Crippen LogP contribution >= 0.6 is 15.9 Å². The number of halogens is 1. The minimum absolute atomic E-state index is 0.00807. The number of carbonyl (C=O) groups is 2. The first-order valence-electron chi connectivity index (χ1n) is 7.02. The topological polar surface area (TPSA) is 49.4 Å². The second-order valence-electron chi connectivity index (χ2n) is 5.12. The smallest absolute Gasteiger partial charge is 0.227 e. The molecule has 1 aromatic rings. The van der Waals surface area contributed by atoms with Crippen molar-refractivity contribution >= 4 is 33.4 Å². The van der Waals surface area contributed by atoms with Crippen LogP contribution in [0.5, 0.6) is 0 Å². The molecule has 4 nitrogen and oxygen atoms in total. The average Bonchev–Trinajstić information content (AvgIpc) is 2.86. The van der Waals surface area contributed by atoms with Crippen LogP contribution in [0.4, 0.5) is 5.69 Å². The Hall–Kier alpha value is -1.62. The van der Waals surface area contributed by atoms with E-state index in [-0.39, 0.29) is 24.2 Å². The fraction of sp³-hybridized carbons (Fsp3) is 0.375. The first-order chi connectivity index (χ1) is 10.0. The lowest BCUT2D eigenvalue weighted by Crippen LogP contribution is -2.33. The summed E-state index contributed by atoms with van der Waals surface area (Å²) in [4.78, 5) is 26.0. The molecule has 1 fully saturated rings. The van der Waals surface area contributed by atoms with Crippen LogP contribution in [0.3, 0.4) is 0 Å². The maximum atomic E-state index is 12.2. The van der Waals surface area contributed by atoms with E-state index < -0.39 is 0 Å². The molecule has 21 heavy (non-hydrogen) atoms. The summed E-state index contributed by atoms with van der Waals surface area (Å²) >= 11 is 3.20. The SMILES string of the molecule is C=C(Br)CNC(=O)C1CC(=O)N(c2ccccc2CC)C1. The van der Waals surface area contributed by atoms with Crippen molar-refractivity contribution in [3.63, 3.8) is 0 Å². The quantitative estimate of drug-likeness (QED) is 0.887. The van der Waals surface area contributed by atoms with Gasteiger partial charge in [0.2, 0.25) is 11.8 Å². The van der Waals surface area contributed by atoms with Crippen LogP contribution in [0.25, 0.3) is 0 Å². The van der Waals surface area contributed by atoms with E-state index in [0.29, 0.717) is 17.6 Å². The molecule has 5 heteroatoms. The summed E-state index contributed by atoms with van der Waals surface area (Å²) < 4.78 is 0.716. The number of anilines is 1. The van der Waals surface area contributed by atoms with Gasteiger partial charge in [-0.3, -0.25) is 9.59 Å². The number of aryl methyl sites for hydroxylation is 1. The van der Waals surface area contributed by atoms with E-state index >= 15 is 0 Å². The molecular formula is C16H19BrN2O2. The highest BCUT2D eigenvalue weighted by Crippen LogP contribution is 2.28. The number of hydrogen-bond acceptors (Lipinski definition) is 2. The van der Waals surface area contributed by atoms with Crippen LogP contribution < -0.4 is 10.2 Å². The highest BCUT2D eigenvalue weighted by molar-refractivity contribution is 9.11. The molecule has 1 aliphatic heterocycles.